The summed E-state index contributed by atoms with van der Waals surface area (Å²) in [7, 11) is 0. The molecule has 2 aromatic heterocycles. The van der Waals surface area contributed by atoms with Crippen LogP contribution in [0.25, 0.3) is 22.4 Å². The number of para-hydroxylation sites is 1. The summed E-state index contributed by atoms with van der Waals surface area (Å²) in [5.41, 5.74) is 3.10. The lowest BCUT2D eigenvalue weighted by Crippen LogP contribution is -2.19. The number of anilines is 1. The summed E-state index contributed by atoms with van der Waals surface area (Å²) in [6.07, 6.45) is 0. The lowest BCUT2D eigenvalue weighted by atomic mass is 10.0. The number of carbonyl (C=O) groups is 1. The molecule has 0 aliphatic carbocycles. The Kier molecular flexibility index (Phi) is 4.49. The number of nitrogens with one attached hydrogen (secondary N) is 2. The molecule has 7 nitrogen and oxygen atoms in total. The average molecular weight is 374 g/mol. The number of hydrogen-bond acceptors (Lipinski definition) is 5. The number of amides is 1. The Morgan fingerprint density at radius 2 is 1.89 bits per heavy atom. The van der Waals surface area contributed by atoms with E-state index in [0.717, 1.165) is 10.9 Å². The molecule has 4 rings (SSSR count). The maximum absolute atomic E-state index is 12.6. The van der Waals surface area contributed by atoms with Crippen molar-refractivity contribution < 1.29 is 9.32 Å². The standard InChI is InChI=1S/C21H18N4O3/c1-12-11-18(26)24-20(22-12)14-7-9-15(10-8-14)23-21(27)13(2)19-16-5-3-4-6-17(16)28-25-19/h3-11,13H,1-2H3,(H,23,27)(H,22,24,26). The molecule has 1 unspecified atom stereocenters. The second-order valence-corrected chi connectivity index (χ2v) is 6.59. The van der Waals surface area contributed by atoms with Crippen molar-refractivity contribution in [2.75, 3.05) is 5.32 Å². The first kappa shape index (κ1) is 17.7. The fraction of sp³-hybridized carbons (Fsp3) is 0.143. The number of carbonyl (C=O) groups excluding carboxylic acids is 1. The van der Waals surface area contributed by atoms with Crippen LogP contribution >= 0.6 is 0 Å². The summed E-state index contributed by atoms with van der Waals surface area (Å²) in [6.45, 7) is 3.55. The van der Waals surface area contributed by atoms with E-state index in [1.165, 1.54) is 6.07 Å². The fourth-order valence-corrected chi connectivity index (χ4v) is 3.02. The second-order valence-electron chi connectivity index (χ2n) is 6.59. The van der Waals surface area contributed by atoms with Gasteiger partial charge in [0, 0.05) is 28.4 Å². The molecule has 0 radical (unpaired) electrons. The first-order chi connectivity index (χ1) is 13.5. The highest BCUT2D eigenvalue weighted by Gasteiger charge is 2.21. The number of benzene rings is 2. The molecule has 0 saturated heterocycles. The van der Waals surface area contributed by atoms with E-state index in [9.17, 15) is 9.59 Å². The minimum absolute atomic E-state index is 0.186. The smallest absolute Gasteiger partial charge is 0.251 e. The number of rotatable bonds is 4. The predicted octanol–water partition coefficient (Wildman–Crippen LogP) is 3.63. The van der Waals surface area contributed by atoms with Crippen LogP contribution in [0.5, 0.6) is 0 Å². The molecule has 0 spiro atoms. The van der Waals surface area contributed by atoms with Crippen LogP contribution in [0.15, 0.2) is 63.9 Å². The monoisotopic (exact) mass is 374 g/mol. The van der Waals surface area contributed by atoms with Crippen molar-refractivity contribution in [3.05, 3.63) is 76.3 Å². The second kappa shape index (κ2) is 7.11. The van der Waals surface area contributed by atoms with Crippen molar-refractivity contribution in [1.82, 2.24) is 15.1 Å². The van der Waals surface area contributed by atoms with E-state index >= 15 is 0 Å². The minimum Gasteiger partial charge on any atom is -0.356 e. The zero-order valence-electron chi connectivity index (χ0n) is 15.4. The molecule has 0 bridgehead atoms. The molecule has 0 saturated carbocycles. The van der Waals surface area contributed by atoms with Gasteiger partial charge in [0.15, 0.2) is 5.58 Å². The number of fused-ring (bicyclic) bond motifs is 1. The normalized spacial score (nSPS) is 12.1. The predicted molar refractivity (Wildman–Crippen MR) is 106 cm³/mol. The third kappa shape index (κ3) is 3.42. The van der Waals surface area contributed by atoms with Gasteiger partial charge < -0.3 is 14.8 Å². The zero-order valence-corrected chi connectivity index (χ0v) is 15.4. The lowest BCUT2D eigenvalue weighted by Gasteiger charge is -2.11. The van der Waals surface area contributed by atoms with E-state index in [0.29, 0.717) is 28.5 Å². The lowest BCUT2D eigenvalue weighted by molar-refractivity contribution is -0.117. The molecule has 0 aliphatic heterocycles. The van der Waals surface area contributed by atoms with Gasteiger partial charge in [-0.2, -0.15) is 0 Å². The van der Waals surface area contributed by atoms with Crippen LogP contribution < -0.4 is 10.9 Å². The van der Waals surface area contributed by atoms with Gasteiger partial charge in [0.2, 0.25) is 5.91 Å². The molecular weight excluding hydrogens is 356 g/mol. The highest BCUT2D eigenvalue weighted by Crippen LogP contribution is 2.26. The van der Waals surface area contributed by atoms with E-state index in [4.69, 9.17) is 4.52 Å². The molecule has 2 heterocycles. The van der Waals surface area contributed by atoms with Crippen molar-refractivity contribution in [1.29, 1.82) is 0 Å². The van der Waals surface area contributed by atoms with Crippen LogP contribution in [-0.2, 0) is 4.79 Å². The van der Waals surface area contributed by atoms with Crippen LogP contribution in [0.2, 0.25) is 0 Å². The number of hydrogen-bond donors (Lipinski definition) is 2. The number of aromatic nitrogens is 3. The number of aryl methyl sites for hydroxylation is 1. The molecule has 4 aromatic rings. The highest BCUT2D eigenvalue weighted by atomic mass is 16.5. The third-order valence-corrected chi connectivity index (χ3v) is 4.50. The quantitative estimate of drug-likeness (QED) is 0.568. The third-order valence-electron chi connectivity index (χ3n) is 4.50. The average Bonchev–Trinajstić information content (AvgIpc) is 3.11. The Labute approximate surface area is 160 Å². The molecule has 0 aliphatic rings. The zero-order chi connectivity index (χ0) is 19.7. The Hall–Kier alpha value is -3.74. The molecule has 140 valence electrons. The molecule has 0 fully saturated rings. The molecule has 1 amide bonds. The topological polar surface area (TPSA) is 101 Å². The SMILES string of the molecule is Cc1cc(=O)[nH]c(-c2ccc(NC(=O)C(C)c3noc4ccccc34)cc2)n1. The largest absolute Gasteiger partial charge is 0.356 e. The molecule has 28 heavy (non-hydrogen) atoms. The van der Waals surface area contributed by atoms with Crippen molar-refractivity contribution in [3.8, 4) is 11.4 Å². The first-order valence-electron chi connectivity index (χ1n) is 8.85. The summed E-state index contributed by atoms with van der Waals surface area (Å²) in [6, 6.07) is 16.0. The maximum Gasteiger partial charge on any atom is 0.251 e. The van der Waals surface area contributed by atoms with E-state index in [1.54, 1.807) is 38.1 Å². The van der Waals surface area contributed by atoms with Gasteiger partial charge in [0.1, 0.15) is 11.5 Å². The van der Waals surface area contributed by atoms with Crippen LogP contribution in [0, 0.1) is 6.92 Å². The highest BCUT2D eigenvalue weighted by molar-refractivity contribution is 5.98. The van der Waals surface area contributed by atoms with Crippen molar-refractivity contribution >= 4 is 22.6 Å². The van der Waals surface area contributed by atoms with Crippen LogP contribution in [0.1, 0.15) is 24.2 Å². The van der Waals surface area contributed by atoms with E-state index in [1.807, 2.05) is 24.3 Å². The Bertz CT molecular complexity index is 1210. The van der Waals surface area contributed by atoms with Crippen molar-refractivity contribution in [2.45, 2.75) is 19.8 Å². The van der Waals surface area contributed by atoms with Gasteiger partial charge >= 0.3 is 0 Å². The van der Waals surface area contributed by atoms with Gasteiger partial charge in [0.25, 0.3) is 5.56 Å². The number of nitrogens with zero attached hydrogens (tertiary/aromatic N) is 2. The molecule has 1 atom stereocenters. The maximum atomic E-state index is 12.6. The Balaban J connectivity index is 1.52. The van der Waals surface area contributed by atoms with Crippen molar-refractivity contribution in [3.63, 3.8) is 0 Å². The van der Waals surface area contributed by atoms with E-state index in [2.05, 4.69) is 20.4 Å². The van der Waals surface area contributed by atoms with Gasteiger partial charge in [0.05, 0.1) is 5.92 Å². The Morgan fingerprint density at radius 3 is 2.64 bits per heavy atom. The number of aromatic amines is 1. The summed E-state index contributed by atoms with van der Waals surface area (Å²) < 4.78 is 5.29. The van der Waals surface area contributed by atoms with Crippen LogP contribution in [0.4, 0.5) is 5.69 Å². The van der Waals surface area contributed by atoms with Gasteiger partial charge in [-0.25, -0.2) is 4.98 Å². The van der Waals surface area contributed by atoms with Crippen LogP contribution in [-0.4, -0.2) is 21.0 Å². The Morgan fingerprint density at radius 1 is 1.14 bits per heavy atom. The van der Waals surface area contributed by atoms with E-state index < -0.39 is 5.92 Å². The molecule has 2 N–H and O–H groups in total. The van der Waals surface area contributed by atoms with Gasteiger partial charge in [-0.3, -0.25) is 9.59 Å². The van der Waals surface area contributed by atoms with Crippen LogP contribution in [0.3, 0.4) is 0 Å². The summed E-state index contributed by atoms with van der Waals surface area (Å²) in [5, 5.41) is 7.76. The first-order valence-corrected chi connectivity index (χ1v) is 8.85. The summed E-state index contributed by atoms with van der Waals surface area (Å²) in [4.78, 5) is 31.3. The minimum atomic E-state index is -0.474. The summed E-state index contributed by atoms with van der Waals surface area (Å²) >= 11 is 0. The summed E-state index contributed by atoms with van der Waals surface area (Å²) in [5.74, 6) is -0.169. The van der Waals surface area contributed by atoms with Gasteiger partial charge in [-0.05, 0) is 50.2 Å². The van der Waals surface area contributed by atoms with Gasteiger partial charge in [-0.15, -0.1) is 0 Å². The van der Waals surface area contributed by atoms with Crippen molar-refractivity contribution in [2.24, 2.45) is 0 Å². The number of H-pyrrole nitrogens is 1. The molecular formula is C21H18N4O3. The molecule has 7 heteroatoms. The fourth-order valence-electron chi connectivity index (χ4n) is 3.02. The van der Waals surface area contributed by atoms with Gasteiger partial charge in [-0.1, -0.05) is 17.3 Å². The van der Waals surface area contributed by atoms with E-state index in [-0.39, 0.29) is 11.5 Å². The molecule has 2 aromatic carbocycles.